The van der Waals surface area contributed by atoms with Gasteiger partial charge in [-0.2, -0.15) is 4.31 Å². The Kier molecular flexibility index (Phi) is 4.15. The van der Waals surface area contributed by atoms with Crippen molar-refractivity contribution in [1.29, 1.82) is 0 Å². The van der Waals surface area contributed by atoms with E-state index in [-0.39, 0.29) is 17.2 Å². The van der Waals surface area contributed by atoms with Gasteiger partial charge in [0.15, 0.2) is 4.67 Å². The third-order valence-corrected chi connectivity index (χ3v) is 5.44. The zero-order valence-corrected chi connectivity index (χ0v) is 12.6. The number of hydrogen-bond donors (Lipinski definition) is 1. The van der Waals surface area contributed by atoms with E-state index in [1.54, 1.807) is 6.07 Å². The first-order chi connectivity index (χ1) is 8.43. The van der Waals surface area contributed by atoms with Gasteiger partial charge >= 0.3 is 0 Å². The van der Waals surface area contributed by atoms with E-state index in [0.29, 0.717) is 11.2 Å². The fourth-order valence-corrected chi connectivity index (χ4v) is 4.41. The summed E-state index contributed by atoms with van der Waals surface area (Å²) >= 11 is 3.12. The summed E-state index contributed by atoms with van der Waals surface area (Å²) in [6.45, 7) is 2.35. The number of hydrogen-bond acceptors (Lipinski definition) is 4. The number of furan rings is 1. The van der Waals surface area contributed by atoms with Crippen molar-refractivity contribution < 1.29 is 12.8 Å². The Morgan fingerprint density at radius 3 is 2.78 bits per heavy atom. The lowest BCUT2D eigenvalue weighted by molar-refractivity contribution is 0.222. The van der Waals surface area contributed by atoms with Crippen LogP contribution in [0.4, 0.5) is 0 Å². The van der Waals surface area contributed by atoms with Crippen molar-refractivity contribution in [2.45, 2.75) is 43.4 Å². The molecule has 0 spiro atoms. The van der Waals surface area contributed by atoms with Crippen LogP contribution >= 0.6 is 15.9 Å². The van der Waals surface area contributed by atoms with Gasteiger partial charge in [0.25, 0.3) is 10.0 Å². The highest BCUT2D eigenvalue weighted by Gasteiger charge is 2.36. The van der Waals surface area contributed by atoms with Gasteiger partial charge in [-0.1, -0.05) is 6.42 Å². The molecule has 0 amide bonds. The summed E-state index contributed by atoms with van der Waals surface area (Å²) < 4.78 is 32.0. The van der Waals surface area contributed by atoms with Crippen LogP contribution in [0.15, 0.2) is 26.3 Å². The maximum Gasteiger partial charge on any atom is 0.276 e. The fourth-order valence-electron chi connectivity index (χ4n) is 2.31. The first kappa shape index (κ1) is 14.0. The minimum Gasteiger partial charge on any atom is -0.437 e. The number of sulfonamides is 1. The molecule has 0 aliphatic carbocycles. The highest BCUT2D eigenvalue weighted by molar-refractivity contribution is 9.10. The van der Waals surface area contributed by atoms with E-state index in [1.165, 1.54) is 10.4 Å². The lowest BCUT2D eigenvalue weighted by atomic mass is 10.00. The van der Waals surface area contributed by atoms with Crippen LogP contribution in [-0.2, 0) is 10.0 Å². The van der Waals surface area contributed by atoms with Crippen molar-refractivity contribution in [3.05, 3.63) is 16.8 Å². The molecule has 7 heteroatoms. The molecule has 5 nitrogen and oxygen atoms in total. The molecule has 1 aliphatic rings. The highest BCUT2D eigenvalue weighted by atomic mass is 79.9. The second kappa shape index (κ2) is 5.32. The van der Waals surface area contributed by atoms with Gasteiger partial charge < -0.3 is 10.2 Å². The zero-order valence-electron chi connectivity index (χ0n) is 10.2. The van der Waals surface area contributed by atoms with Gasteiger partial charge in [0.1, 0.15) is 0 Å². The molecule has 102 valence electrons. The maximum absolute atomic E-state index is 12.5. The standard InChI is InChI=1S/C11H17BrN2O3S/c1-8(13)9-4-2-3-7-14(9)18(15,16)11-6-5-10(12)17-11/h5-6,8-9H,2-4,7,13H2,1H3. The van der Waals surface area contributed by atoms with Gasteiger partial charge in [-0.15, -0.1) is 0 Å². The van der Waals surface area contributed by atoms with Crippen LogP contribution in [0.2, 0.25) is 0 Å². The molecule has 0 saturated carbocycles. The summed E-state index contributed by atoms with van der Waals surface area (Å²) in [7, 11) is -3.58. The molecule has 1 aliphatic heterocycles. The van der Waals surface area contributed by atoms with E-state index < -0.39 is 10.0 Å². The summed E-state index contributed by atoms with van der Waals surface area (Å²) in [5.41, 5.74) is 5.89. The molecule has 18 heavy (non-hydrogen) atoms. The predicted octanol–water partition coefficient (Wildman–Crippen LogP) is 1.93. The molecule has 2 atom stereocenters. The molecule has 0 radical (unpaired) electrons. The van der Waals surface area contributed by atoms with Gasteiger partial charge in [-0.05, 0) is 47.8 Å². The van der Waals surface area contributed by atoms with Crippen molar-refractivity contribution in [2.75, 3.05) is 6.54 Å². The number of nitrogens with zero attached hydrogens (tertiary/aromatic N) is 1. The van der Waals surface area contributed by atoms with Crippen LogP contribution in [0, 0.1) is 0 Å². The lowest BCUT2D eigenvalue weighted by Crippen LogP contribution is -2.51. The minimum atomic E-state index is -3.58. The first-order valence-corrected chi connectivity index (χ1v) is 8.19. The van der Waals surface area contributed by atoms with Gasteiger partial charge in [0, 0.05) is 18.6 Å². The molecular weight excluding hydrogens is 320 g/mol. The Labute approximate surface area is 116 Å². The Morgan fingerprint density at radius 1 is 1.50 bits per heavy atom. The smallest absolute Gasteiger partial charge is 0.276 e. The molecule has 2 rings (SSSR count). The SMILES string of the molecule is CC(N)C1CCCCN1S(=O)(=O)c1ccc(Br)o1. The average Bonchev–Trinajstić information content (AvgIpc) is 2.76. The van der Waals surface area contributed by atoms with E-state index in [4.69, 9.17) is 10.2 Å². The van der Waals surface area contributed by atoms with E-state index in [9.17, 15) is 8.42 Å². The molecule has 1 saturated heterocycles. The Balaban J connectivity index is 2.33. The number of rotatable bonds is 3. The van der Waals surface area contributed by atoms with Crippen molar-refractivity contribution in [3.63, 3.8) is 0 Å². The monoisotopic (exact) mass is 336 g/mol. The molecule has 2 N–H and O–H groups in total. The second-order valence-electron chi connectivity index (χ2n) is 4.60. The number of piperidine rings is 1. The third-order valence-electron chi connectivity index (χ3n) is 3.22. The Hall–Kier alpha value is -0.370. The summed E-state index contributed by atoms with van der Waals surface area (Å²) in [4.78, 5) is 0. The largest absolute Gasteiger partial charge is 0.437 e. The van der Waals surface area contributed by atoms with Crippen LogP contribution < -0.4 is 5.73 Å². The van der Waals surface area contributed by atoms with Crippen LogP contribution in [0.3, 0.4) is 0 Å². The Morgan fingerprint density at radius 2 is 2.22 bits per heavy atom. The van der Waals surface area contributed by atoms with E-state index in [0.717, 1.165) is 19.3 Å². The topological polar surface area (TPSA) is 76.5 Å². The zero-order chi connectivity index (χ0) is 13.3. The van der Waals surface area contributed by atoms with Crippen LogP contribution in [0.25, 0.3) is 0 Å². The summed E-state index contributed by atoms with van der Waals surface area (Å²) in [6, 6.07) is 2.72. The average molecular weight is 337 g/mol. The summed E-state index contributed by atoms with van der Waals surface area (Å²) in [5, 5.41) is -0.0260. The maximum atomic E-state index is 12.5. The number of halogens is 1. The fraction of sp³-hybridized carbons (Fsp3) is 0.636. The molecule has 1 fully saturated rings. The van der Waals surface area contributed by atoms with E-state index in [2.05, 4.69) is 15.9 Å². The van der Waals surface area contributed by atoms with Crippen molar-refractivity contribution >= 4 is 26.0 Å². The molecule has 1 aromatic rings. The lowest BCUT2D eigenvalue weighted by Gasteiger charge is -2.36. The van der Waals surface area contributed by atoms with Crippen molar-refractivity contribution in [3.8, 4) is 0 Å². The second-order valence-corrected chi connectivity index (χ2v) is 7.20. The van der Waals surface area contributed by atoms with Crippen LogP contribution in [0.5, 0.6) is 0 Å². The van der Waals surface area contributed by atoms with Gasteiger partial charge in [0.05, 0.1) is 0 Å². The minimum absolute atomic E-state index is 0.0260. The molecule has 2 heterocycles. The predicted molar refractivity (Wildman–Crippen MR) is 71.6 cm³/mol. The molecule has 2 unspecified atom stereocenters. The number of nitrogens with two attached hydrogens (primary N) is 1. The van der Waals surface area contributed by atoms with E-state index >= 15 is 0 Å². The Bertz CT molecular complexity index is 512. The van der Waals surface area contributed by atoms with Crippen molar-refractivity contribution in [1.82, 2.24) is 4.31 Å². The van der Waals surface area contributed by atoms with Crippen LogP contribution in [-0.4, -0.2) is 31.4 Å². The highest BCUT2D eigenvalue weighted by Crippen LogP contribution is 2.28. The van der Waals surface area contributed by atoms with E-state index in [1.807, 2.05) is 6.92 Å². The van der Waals surface area contributed by atoms with Gasteiger partial charge in [-0.3, -0.25) is 0 Å². The van der Waals surface area contributed by atoms with Crippen LogP contribution in [0.1, 0.15) is 26.2 Å². The summed E-state index contributed by atoms with van der Waals surface area (Å²) in [6.07, 6.45) is 2.68. The third kappa shape index (κ3) is 2.64. The molecule has 1 aromatic heterocycles. The van der Waals surface area contributed by atoms with Crippen molar-refractivity contribution in [2.24, 2.45) is 5.73 Å². The molecule has 0 bridgehead atoms. The van der Waals surface area contributed by atoms with Gasteiger partial charge in [0.2, 0.25) is 5.09 Å². The van der Waals surface area contributed by atoms with Gasteiger partial charge in [-0.25, -0.2) is 8.42 Å². The molecular formula is C11H17BrN2O3S. The first-order valence-electron chi connectivity index (χ1n) is 5.95. The normalized spacial score (nSPS) is 24.1. The molecule has 0 aromatic carbocycles. The quantitative estimate of drug-likeness (QED) is 0.914. The summed E-state index contributed by atoms with van der Waals surface area (Å²) in [5.74, 6) is 0.